The molecule has 1 aromatic rings. The molecule has 1 atom stereocenters. The Bertz CT molecular complexity index is 383. The van der Waals surface area contributed by atoms with Gasteiger partial charge in [0.15, 0.2) is 0 Å². The van der Waals surface area contributed by atoms with Gasteiger partial charge in [-0.15, -0.1) is 0 Å². The molecule has 0 heterocycles. The third-order valence-corrected chi connectivity index (χ3v) is 3.34. The minimum absolute atomic E-state index is 0.266. The van der Waals surface area contributed by atoms with Crippen LogP contribution < -0.4 is 0 Å². The predicted octanol–water partition coefficient (Wildman–Crippen LogP) is 4.34. The van der Waals surface area contributed by atoms with Gasteiger partial charge in [-0.25, -0.2) is 0 Å². The second kappa shape index (κ2) is 4.81. The highest BCUT2D eigenvalue weighted by molar-refractivity contribution is 5.34. The van der Waals surface area contributed by atoms with Crippen LogP contribution in [0.2, 0.25) is 0 Å². The number of aliphatic hydroxyl groups is 1. The first-order valence-corrected chi connectivity index (χ1v) is 6.42. The van der Waals surface area contributed by atoms with Crippen LogP contribution in [-0.4, -0.2) is 5.11 Å². The smallest absolute Gasteiger partial charge is 0.0871 e. The third-order valence-electron chi connectivity index (χ3n) is 3.34. The lowest BCUT2D eigenvalue weighted by Crippen LogP contribution is -2.24. The maximum Gasteiger partial charge on any atom is 0.0871 e. The molecule has 96 valence electrons. The van der Waals surface area contributed by atoms with E-state index in [1.165, 1.54) is 11.1 Å². The summed E-state index contributed by atoms with van der Waals surface area (Å²) in [7, 11) is 0. The van der Waals surface area contributed by atoms with E-state index in [4.69, 9.17) is 0 Å². The zero-order valence-corrected chi connectivity index (χ0v) is 12.1. The fourth-order valence-corrected chi connectivity index (χ4v) is 2.07. The Kier molecular flexibility index (Phi) is 4.03. The standard InChI is InChI=1S/C16H26O/c1-12-7-8-13(2)14(11-12)16(6,17)10-9-15(3,4)5/h7-8,11,17H,9-10H2,1-6H3. The van der Waals surface area contributed by atoms with Crippen molar-refractivity contribution >= 4 is 0 Å². The molecule has 0 radical (unpaired) electrons. The maximum absolute atomic E-state index is 10.7. The first kappa shape index (κ1) is 14.2. The van der Waals surface area contributed by atoms with E-state index in [2.05, 4.69) is 52.8 Å². The van der Waals surface area contributed by atoms with E-state index in [9.17, 15) is 5.11 Å². The summed E-state index contributed by atoms with van der Waals surface area (Å²) >= 11 is 0. The lowest BCUT2D eigenvalue weighted by Gasteiger charge is -2.29. The summed E-state index contributed by atoms with van der Waals surface area (Å²) in [6.07, 6.45) is 1.83. The highest BCUT2D eigenvalue weighted by atomic mass is 16.3. The number of hydrogen-bond donors (Lipinski definition) is 1. The Morgan fingerprint density at radius 2 is 1.59 bits per heavy atom. The van der Waals surface area contributed by atoms with Gasteiger partial charge in [0, 0.05) is 0 Å². The van der Waals surface area contributed by atoms with Crippen molar-refractivity contribution in [2.24, 2.45) is 5.41 Å². The Hall–Kier alpha value is -0.820. The average molecular weight is 234 g/mol. The van der Waals surface area contributed by atoms with Crippen molar-refractivity contribution in [1.29, 1.82) is 0 Å². The van der Waals surface area contributed by atoms with Gasteiger partial charge in [-0.05, 0) is 50.2 Å². The maximum atomic E-state index is 10.7. The van der Waals surface area contributed by atoms with Gasteiger partial charge >= 0.3 is 0 Å². The summed E-state index contributed by atoms with van der Waals surface area (Å²) < 4.78 is 0. The van der Waals surface area contributed by atoms with Crippen LogP contribution in [0.4, 0.5) is 0 Å². The van der Waals surface area contributed by atoms with Crippen molar-refractivity contribution in [3.05, 3.63) is 34.9 Å². The Morgan fingerprint density at radius 3 is 2.12 bits per heavy atom. The van der Waals surface area contributed by atoms with Crippen molar-refractivity contribution in [3.63, 3.8) is 0 Å². The minimum atomic E-state index is -0.719. The molecule has 1 rings (SSSR count). The molecule has 1 unspecified atom stereocenters. The summed E-state index contributed by atoms with van der Waals surface area (Å²) in [4.78, 5) is 0. The van der Waals surface area contributed by atoms with Gasteiger partial charge < -0.3 is 5.11 Å². The van der Waals surface area contributed by atoms with Gasteiger partial charge in [0.2, 0.25) is 0 Å². The molecule has 0 aliphatic rings. The predicted molar refractivity (Wildman–Crippen MR) is 74.2 cm³/mol. The SMILES string of the molecule is Cc1ccc(C)c(C(C)(O)CCC(C)(C)C)c1. The molecule has 0 aliphatic carbocycles. The summed E-state index contributed by atoms with van der Waals surface area (Å²) in [5.74, 6) is 0. The van der Waals surface area contributed by atoms with Gasteiger partial charge in [-0.2, -0.15) is 0 Å². The van der Waals surface area contributed by atoms with Gasteiger partial charge in [0.25, 0.3) is 0 Å². The van der Waals surface area contributed by atoms with Crippen molar-refractivity contribution in [3.8, 4) is 0 Å². The van der Waals surface area contributed by atoms with E-state index in [0.717, 1.165) is 18.4 Å². The third kappa shape index (κ3) is 4.16. The molecule has 1 nitrogen and oxygen atoms in total. The number of hydrogen-bond acceptors (Lipinski definition) is 1. The van der Waals surface area contributed by atoms with E-state index in [0.29, 0.717) is 0 Å². The molecule has 0 aromatic heterocycles. The second-order valence-electron chi connectivity index (χ2n) is 6.65. The van der Waals surface area contributed by atoms with Crippen LogP contribution in [-0.2, 0) is 5.60 Å². The Morgan fingerprint density at radius 1 is 1.00 bits per heavy atom. The Labute approximate surface area is 106 Å². The lowest BCUT2D eigenvalue weighted by molar-refractivity contribution is 0.0352. The molecule has 0 spiro atoms. The van der Waals surface area contributed by atoms with Crippen LogP contribution in [0.15, 0.2) is 18.2 Å². The van der Waals surface area contributed by atoms with E-state index in [-0.39, 0.29) is 5.41 Å². The van der Waals surface area contributed by atoms with Crippen LogP contribution in [0, 0.1) is 19.3 Å². The quantitative estimate of drug-likeness (QED) is 0.825. The normalized spacial score (nSPS) is 15.7. The van der Waals surface area contributed by atoms with Crippen LogP contribution in [0.3, 0.4) is 0 Å². The summed E-state index contributed by atoms with van der Waals surface area (Å²) in [5.41, 5.74) is 3.00. The average Bonchev–Trinajstić information content (AvgIpc) is 2.18. The zero-order valence-electron chi connectivity index (χ0n) is 12.1. The van der Waals surface area contributed by atoms with Crippen molar-refractivity contribution < 1.29 is 5.11 Å². The molecule has 0 bridgehead atoms. The molecule has 1 heteroatoms. The van der Waals surface area contributed by atoms with Crippen molar-refractivity contribution in [2.75, 3.05) is 0 Å². The highest BCUT2D eigenvalue weighted by Gasteiger charge is 2.27. The molecular weight excluding hydrogens is 208 g/mol. The van der Waals surface area contributed by atoms with Crippen LogP contribution in [0.5, 0.6) is 0 Å². The molecule has 1 N–H and O–H groups in total. The molecule has 0 fully saturated rings. The highest BCUT2D eigenvalue weighted by Crippen LogP contribution is 2.33. The van der Waals surface area contributed by atoms with Gasteiger partial charge in [-0.1, -0.05) is 44.5 Å². The minimum Gasteiger partial charge on any atom is -0.385 e. The molecule has 17 heavy (non-hydrogen) atoms. The van der Waals surface area contributed by atoms with Crippen LogP contribution in [0.1, 0.15) is 57.2 Å². The molecule has 0 amide bonds. The van der Waals surface area contributed by atoms with E-state index in [1.54, 1.807) is 0 Å². The molecule has 0 saturated carbocycles. The largest absolute Gasteiger partial charge is 0.385 e. The first-order valence-electron chi connectivity index (χ1n) is 6.42. The van der Waals surface area contributed by atoms with Crippen molar-refractivity contribution in [2.45, 2.75) is 60.0 Å². The Balaban J connectivity index is 2.92. The molecular formula is C16H26O. The summed E-state index contributed by atoms with van der Waals surface area (Å²) in [6, 6.07) is 6.30. The number of rotatable bonds is 3. The van der Waals surface area contributed by atoms with Crippen LogP contribution in [0.25, 0.3) is 0 Å². The monoisotopic (exact) mass is 234 g/mol. The first-order chi connectivity index (χ1) is 7.62. The fraction of sp³-hybridized carbons (Fsp3) is 0.625. The van der Waals surface area contributed by atoms with Gasteiger partial charge in [0.05, 0.1) is 5.60 Å². The van der Waals surface area contributed by atoms with Gasteiger partial charge in [0.1, 0.15) is 0 Å². The molecule has 1 aromatic carbocycles. The summed E-state index contributed by atoms with van der Waals surface area (Å²) in [6.45, 7) is 12.7. The number of aryl methyl sites for hydroxylation is 2. The van der Waals surface area contributed by atoms with E-state index in [1.807, 2.05) is 6.92 Å². The molecule has 0 aliphatic heterocycles. The van der Waals surface area contributed by atoms with E-state index >= 15 is 0 Å². The zero-order chi connectivity index (χ0) is 13.3. The van der Waals surface area contributed by atoms with Crippen molar-refractivity contribution in [1.82, 2.24) is 0 Å². The number of benzene rings is 1. The second-order valence-corrected chi connectivity index (χ2v) is 6.65. The fourth-order valence-electron chi connectivity index (χ4n) is 2.07. The van der Waals surface area contributed by atoms with E-state index < -0.39 is 5.60 Å². The van der Waals surface area contributed by atoms with Gasteiger partial charge in [-0.3, -0.25) is 0 Å². The van der Waals surface area contributed by atoms with Crippen LogP contribution >= 0.6 is 0 Å². The topological polar surface area (TPSA) is 20.2 Å². The summed E-state index contributed by atoms with van der Waals surface area (Å²) in [5, 5.41) is 10.7. The lowest BCUT2D eigenvalue weighted by atomic mass is 9.81. The molecule has 0 saturated heterocycles.